The van der Waals surface area contributed by atoms with Crippen molar-refractivity contribution in [1.82, 2.24) is 10.2 Å². The average molecular weight is 465 g/mol. The largest absolute Gasteiger partial charge is 0.416 e. The van der Waals surface area contributed by atoms with Crippen molar-refractivity contribution in [3.63, 3.8) is 0 Å². The number of carbonyl (C=O) groups excluding carboxylic acids is 1. The lowest BCUT2D eigenvalue weighted by molar-refractivity contribution is -0.145. The average Bonchev–Trinajstić information content (AvgIpc) is 3.29. The Balaban J connectivity index is 1.30. The van der Waals surface area contributed by atoms with E-state index in [1.807, 2.05) is 4.90 Å². The molecule has 4 aliphatic rings. The number of benzene rings is 1. The van der Waals surface area contributed by atoms with Crippen LogP contribution in [0.2, 0.25) is 0 Å². The van der Waals surface area contributed by atoms with Gasteiger partial charge in [-0.3, -0.25) is 4.79 Å². The van der Waals surface area contributed by atoms with Gasteiger partial charge < -0.3 is 15.0 Å². The molecule has 2 unspecified atom stereocenters. The maximum absolute atomic E-state index is 13.9. The smallest absolute Gasteiger partial charge is 0.381 e. The van der Waals surface area contributed by atoms with Gasteiger partial charge in [0.25, 0.3) is 0 Å². The molecule has 1 saturated heterocycles. The van der Waals surface area contributed by atoms with E-state index in [4.69, 9.17) is 4.74 Å². The van der Waals surface area contributed by atoms with Gasteiger partial charge in [-0.05, 0) is 79.5 Å². The molecule has 2 heterocycles. The van der Waals surface area contributed by atoms with Crippen LogP contribution in [0.15, 0.2) is 18.2 Å². The van der Waals surface area contributed by atoms with E-state index in [0.717, 1.165) is 44.1 Å². The van der Waals surface area contributed by atoms with Crippen LogP contribution in [-0.2, 0) is 28.7 Å². The van der Waals surface area contributed by atoms with Crippen molar-refractivity contribution in [2.75, 3.05) is 19.8 Å². The molecule has 5 rings (SSSR count). The monoisotopic (exact) mass is 464 g/mol. The maximum Gasteiger partial charge on any atom is 0.416 e. The predicted molar refractivity (Wildman–Crippen MR) is 119 cm³/mol. The molecule has 2 aliphatic carbocycles. The Hall–Kier alpha value is -1.60. The molecule has 1 N–H and O–H groups in total. The third-order valence-corrected chi connectivity index (χ3v) is 8.93. The Morgan fingerprint density at radius 3 is 2.55 bits per heavy atom. The van der Waals surface area contributed by atoms with E-state index in [0.29, 0.717) is 42.4 Å². The molecule has 7 heteroatoms. The third-order valence-electron chi connectivity index (χ3n) is 8.93. The van der Waals surface area contributed by atoms with E-state index < -0.39 is 17.2 Å². The summed E-state index contributed by atoms with van der Waals surface area (Å²) < 4.78 is 45.4. The zero-order valence-corrected chi connectivity index (χ0v) is 19.6. The lowest BCUT2D eigenvalue weighted by Gasteiger charge is -2.40. The number of carbonyl (C=O) groups is 1. The summed E-state index contributed by atoms with van der Waals surface area (Å²) in [6.07, 6.45) is 1.31. The molecule has 1 aromatic rings. The second kappa shape index (κ2) is 8.56. The van der Waals surface area contributed by atoms with Crippen LogP contribution < -0.4 is 5.32 Å². The molecule has 2 aliphatic heterocycles. The van der Waals surface area contributed by atoms with E-state index in [-0.39, 0.29) is 18.4 Å². The van der Waals surface area contributed by atoms with Gasteiger partial charge in [0.2, 0.25) is 5.91 Å². The van der Waals surface area contributed by atoms with Gasteiger partial charge in [-0.25, -0.2) is 0 Å². The molecular formula is C26H35F3N2O2. The highest BCUT2D eigenvalue weighted by molar-refractivity contribution is 5.84. The fourth-order valence-corrected chi connectivity index (χ4v) is 6.87. The van der Waals surface area contributed by atoms with Crippen molar-refractivity contribution >= 4 is 5.91 Å². The first-order chi connectivity index (χ1) is 15.7. The standard InChI is InChI=1S/C26H35F3N2O2/c1-16(2)25(9-7-22(12-25)30-23-18-3-4-19(23)15-33-14-18)24(32)31-10-8-17-5-6-21(26(27,28)29)11-20(17)13-31/h5-6,11,16,18-19,22-23,30H,3-4,7-10,12-15H2,1-2H3/t18?,19?,22-,23?,25+/m1/s1. The number of rotatable bonds is 4. The molecule has 2 bridgehead atoms. The molecule has 0 spiro atoms. The van der Waals surface area contributed by atoms with Gasteiger partial charge in [0, 0.05) is 25.2 Å². The van der Waals surface area contributed by atoms with Crippen molar-refractivity contribution in [2.45, 2.75) is 77.2 Å². The van der Waals surface area contributed by atoms with Crippen LogP contribution in [0.25, 0.3) is 0 Å². The Kier molecular flexibility index (Phi) is 6.01. The fraction of sp³-hybridized carbons (Fsp3) is 0.731. The van der Waals surface area contributed by atoms with E-state index in [9.17, 15) is 18.0 Å². The van der Waals surface area contributed by atoms with E-state index in [1.165, 1.54) is 18.9 Å². The number of ether oxygens (including phenoxy) is 1. The number of nitrogens with one attached hydrogen (secondary N) is 1. The number of hydrogen-bond acceptors (Lipinski definition) is 3. The summed E-state index contributed by atoms with van der Waals surface area (Å²) in [5.41, 5.74) is 0.479. The van der Waals surface area contributed by atoms with Gasteiger partial charge in [0.1, 0.15) is 0 Å². The zero-order chi connectivity index (χ0) is 23.4. The van der Waals surface area contributed by atoms with E-state index >= 15 is 0 Å². The van der Waals surface area contributed by atoms with Gasteiger partial charge in [0.15, 0.2) is 0 Å². The molecule has 4 nitrogen and oxygen atoms in total. The van der Waals surface area contributed by atoms with Gasteiger partial charge in [-0.15, -0.1) is 0 Å². The normalized spacial score (nSPS) is 34.1. The molecule has 182 valence electrons. The highest BCUT2D eigenvalue weighted by atomic mass is 19.4. The number of alkyl halides is 3. The van der Waals surface area contributed by atoms with Crippen molar-refractivity contribution in [3.05, 3.63) is 34.9 Å². The summed E-state index contributed by atoms with van der Waals surface area (Å²) in [6.45, 7) is 6.77. The Bertz CT molecular complexity index is 886. The molecule has 1 aromatic carbocycles. The number of amides is 1. The number of halogens is 3. The van der Waals surface area contributed by atoms with Crippen LogP contribution in [0, 0.1) is 23.2 Å². The van der Waals surface area contributed by atoms with E-state index in [2.05, 4.69) is 19.2 Å². The minimum atomic E-state index is -4.37. The molecule has 0 radical (unpaired) electrons. The maximum atomic E-state index is 13.9. The zero-order valence-electron chi connectivity index (χ0n) is 19.6. The van der Waals surface area contributed by atoms with Crippen LogP contribution in [-0.4, -0.2) is 42.6 Å². The first-order valence-corrected chi connectivity index (χ1v) is 12.5. The summed E-state index contributed by atoms with van der Waals surface area (Å²) in [7, 11) is 0. The van der Waals surface area contributed by atoms with Gasteiger partial charge in [-0.1, -0.05) is 19.9 Å². The summed E-state index contributed by atoms with van der Waals surface area (Å²) in [4.78, 5) is 15.7. The molecule has 0 aromatic heterocycles. The Morgan fingerprint density at radius 2 is 1.88 bits per heavy atom. The number of fused-ring (bicyclic) bond motifs is 3. The molecular weight excluding hydrogens is 429 g/mol. The quantitative estimate of drug-likeness (QED) is 0.696. The summed E-state index contributed by atoms with van der Waals surface area (Å²) in [6, 6.07) is 4.77. The van der Waals surface area contributed by atoms with Crippen LogP contribution in [0.1, 0.15) is 62.6 Å². The molecule has 33 heavy (non-hydrogen) atoms. The first-order valence-electron chi connectivity index (χ1n) is 12.5. The molecule has 2 saturated carbocycles. The molecule has 3 fully saturated rings. The lowest BCUT2D eigenvalue weighted by Crippen LogP contribution is -2.50. The lowest BCUT2D eigenvalue weighted by atomic mass is 9.73. The highest BCUT2D eigenvalue weighted by Gasteiger charge is 2.51. The van der Waals surface area contributed by atoms with Crippen LogP contribution in [0.5, 0.6) is 0 Å². The summed E-state index contributed by atoms with van der Waals surface area (Å²) in [5.74, 6) is 1.47. The van der Waals surface area contributed by atoms with Crippen molar-refractivity contribution in [2.24, 2.45) is 23.2 Å². The van der Waals surface area contributed by atoms with Crippen LogP contribution in [0.3, 0.4) is 0 Å². The van der Waals surface area contributed by atoms with Gasteiger partial charge in [-0.2, -0.15) is 13.2 Å². The second-order valence-corrected chi connectivity index (χ2v) is 11.0. The fourth-order valence-electron chi connectivity index (χ4n) is 6.87. The number of hydrogen-bond donors (Lipinski definition) is 1. The van der Waals surface area contributed by atoms with Crippen LogP contribution >= 0.6 is 0 Å². The third kappa shape index (κ3) is 4.20. The Labute approximate surface area is 194 Å². The molecule has 4 atom stereocenters. The van der Waals surface area contributed by atoms with Crippen molar-refractivity contribution in [3.8, 4) is 0 Å². The Morgan fingerprint density at radius 1 is 1.15 bits per heavy atom. The summed E-state index contributed by atoms with van der Waals surface area (Å²) >= 11 is 0. The first kappa shape index (κ1) is 23.2. The molecule has 1 amide bonds. The minimum absolute atomic E-state index is 0.125. The SMILES string of the molecule is CC(C)[C@]1(C(=O)N2CCc3ccc(C(F)(F)F)cc3C2)CC[C@@H](NC2C3CCC2COC3)C1. The summed E-state index contributed by atoms with van der Waals surface area (Å²) in [5, 5.41) is 3.91. The highest BCUT2D eigenvalue weighted by Crippen LogP contribution is 2.48. The van der Waals surface area contributed by atoms with Crippen LogP contribution in [0.4, 0.5) is 13.2 Å². The van der Waals surface area contributed by atoms with Crippen molar-refractivity contribution in [1.29, 1.82) is 0 Å². The predicted octanol–water partition coefficient (Wildman–Crippen LogP) is 4.80. The second-order valence-electron chi connectivity index (χ2n) is 11.0. The minimum Gasteiger partial charge on any atom is -0.381 e. The van der Waals surface area contributed by atoms with Gasteiger partial charge in [0.05, 0.1) is 24.2 Å². The van der Waals surface area contributed by atoms with Crippen molar-refractivity contribution < 1.29 is 22.7 Å². The topological polar surface area (TPSA) is 41.6 Å². The van der Waals surface area contributed by atoms with Gasteiger partial charge >= 0.3 is 6.18 Å². The van der Waals surface area contributed by atoms with E-state index in [1.54, 1.807) is 6.07 Å². The number of nitrogens with zero attached hydrogens (tertiary/aromatic N) is 1.